The van der Waals surface area contributed by atoms with Crippen LogP contribution in [0.15, 0.2) is 23.7 Å². The van der Waals surface area contributed by atoms with Gasteiger partial charge in [0.2, 0.25) is 0 Å². The number of hydrogen-bond acceptors (Lipinski definition) is 5. The van der Waals surface area contributed by atoms with Crippen molar-refractivity contribution in [3.63, 3.8) is 0 Å². The van der Waals surface area contributed by atoms with Gasteiger partial charge in [0.05, 0.1) is 28.3 Å². The predicted octanol–water partition coefficient (Wildman–Crippen LogP) is 3.29. The van der Waals surface area contributed by atoms with Crippen LogP contribution in [0.25, 0.3) is 0 Å². The lowest BCUT2D eigenvalue weighted by atomic mass is 10.2. The lowest BCUT2D eigenvalue weighted by Crippen LogP contribution is -2.23. The van der Waals surface area contributed by atoms with E-state index in [4.69, 9.17) is 11.6 Å². The van der Waals surface area contributed by atoms with E-state index in [1.165, 1.54) is 17.4 Å². The lowest BCUT2D eigenvalue weighted by molar-refractivity contribution is 0.0945. The Kier molecular flexibility index (Phi) is 5.47. The number of H-pyrrole nitrogens is 1. The number of aromatic amines is 1. The van der Waals surface area contributed by atoms with Crippen molar-refractivity contribution in [3.8, 4) is 0 Å². The number of hydrogen-bond donors (Lipinski definition) is 3. The Morgan fingerprint density at radius 3 is 2.67 bits per heavy atom. The fourth-order valence-corrected chi connectivity index (χ4v) is 3.09. The van der Waals surface area contributed by atoms with E-state index in [9.17, 15) is 18.4 Å². The molecule has 0 spiro atoms. The number of carbonyl (C=O) groups excluding carboxylic acids is 2. The molecule has 0 fully saturated rings. The topological polar surface area (TPSA) is 99.8 Å². The Morgan fingerprint density at radius 1 is 1.22 bits per heavy atom. The number of nitrogens with one attached hydrogen (secondary N) is 3. The van der Waals surface area contributed by atoms with Gasteiger partial charge in [-0.25, -0.2) is 13.8 Å². The number of halogens is 3. The van der Waals surface area contributed by atoms with Crippen molar-refractivity contribution >= 4 is 40.6 Å². The molecule has 1 aromatic carbocycles. The molecular weight excluding hydrogens is 400 g/mol. The van der Waals surface area contributed by atoms with Crippen molar-refractivity contribution < 1.29 is 18.4 Å². The molecule has 3 aromatic rings. The molecule has 0 aliphatic heterocycles. The average Bonchev–Trinajstić information content (AvgIpc) is 3.25. The number of benzene rings is 1. The van der Waals surface area contributed by atoms with Crippen molar-refractivity contribution in [3.05, 3.63) is 62.2 Å². The first-order valence-corrected chi connectivity index (χ1v) is 8.79. The summed E-state index contributed by atoms with van der Waals surface area (Å²) >= 11 is 7.18. The molecule has 27 heavy (non-hydrogen) atoms. The van der Waals surface area contributed by atoms with Gasteiger partial charge in [-0.3, -0.25) is 14.7 Å². The highest BCUT2D eigenvalue weighted by molar-refractivity contribution is 7.09. The zero-order valence-electron chi connectivity index (χ0n) is 13.8. The third-order valence-corrected chi connectivity index (χ3v) is 4.82. The van der Waals surface area contributed by atoms with E-state index in [2.05, 4.69) is 25.8 Å². The van der Waals surface area contributed by atoms with Gasteiger partial charge in [0.15, 0.2) is 17.5 Å². The largest absolute Gasteiger partial charge is 0.346 e. The number of nitrogens with zero attached hydrogens (tertiary/aromatic N) is 2. The zero-order valence-corrected chi connectivity index (χ0v) is 15.3. The van der Waals surface area contributed by atoms with E-state index in [1.807, 2.05) is 6.92 Å². The second kappa shape index (κ2) is 7.80. The lowest BCUT2D eigenvalue weighted by Gasteiger charge is -2.05. The third kappa shape index (κ3) is 4.29. The smallest absolute Gasteiger partial charge is 0.269 e. The molecule has 2 amide bonds. The number of carbonyl (C=O) groups is 2. The standard InChI is InChI=1S/C16H12ClF2N5O2S/c1-7-13(27-6-21-7)5-20-16(26)12-4-14(24-23-12)22-15(25)8-2-10(18)11(19)3-9(8)17/h2-4,6H,5H2,1H3,(H,20,26)(H2,22,23,24,25). The molecule has 0 unspecified atom stereocenters. The van der Waals surface area contributed by atoms with Crippen LogP contribution in [0.4, 0.5) is 14.6 Å². The van der Waals surface area contributed by atoms with Gasteiger partial charge in [0.25, 0.3) is 11.8 Å². The number of amides is 2. The number of thiazole rings is 1. The summed E-state index contributed by atoms with van der Waals surface area (Å²) in [4.78, 5) is 29.3. The molecule has 3 N–H and O–H groups in total. The van der Waals surface area contributed by atoms with E-state index in [0.29, 0.717) is 18.7 Å². The first-order valence-electron chi connectivity index (χ1n) is 7.53. The van der Waals surface area contributed by atoms with E-state index < -0.39 is 23.4 Å². The Balaban J connectivity index is 1.65. The summed E-state index contributed by atoms with van der Waals surface area (Å²) in [7, 11) is 0. The molecule has 7 nitrogen and oxygen atoms in total. The zero-order chi connectivity index (χ0) is 19.6. The minimum Gasteiger partial charge on any atom is -0.346 e. The van der Waals surface area contributed by atoms with Gasteiger partial charge in [-0.15, -0.1) is 11.3 Å². The highest BCUT2D eigenvalue weighted by atomic mass is 35.5. The predicted molar refractivity (Wildman–Crippen MR) is 95.9 cm³/mol. The second-order valence-corrected chi connectivity index (χ2v) is 6.76. The highest BCUT2D eigenvalue weighted by Crippen LogP contribution is 2.21. The molecule has 0 saturated carbocycles. The molecule has 0 atom stereocenters. The number of anilines is 1. The quantitative estimate of drug-likeness (QED) is 0.561. The van der Waals surface area contributed by atoms with Crippen molar-refractivity contribution in [1.82, 2.24) is 20.5 Å². The minimum absolute atomic E-state index is 0.0277. The van der Waals surface area contributed by atoms with Crippen LogP contribution >= 0.6 is 22.9 Å². The molecule has 0 aliphatic rings. The summed E-state index contributed by atoms with van der Waals surface area (Å²) < 4.78 is 26.4. The van der Waals surface area contributed by atoms with Crippen LogP contribution in [0.5, 0.6) is 0 Å². The Hall–Kier alpha value is -2.85. The van der Waals surface area contributed by atoms with Gasteiger partial charge >= 0.3 is 0 Å². The van der Waals surface area contributed by atoms with E-state index in [1.54, 1.807) is 5.51 Å². The molecule has 140 valence electrons. The van der Waals surface area contributed by atoms with Crippen molar-refractivity contribution in [1.29, 1.82) is 0 Å². The van der Waals surface area contributed by atoms with Crippen LogP contribution in [-0.2, 0) is 6.54 Å². The van der Waals surface area contributed by atoms with Gasteiger partial charge in [-0.2, -0.15) is 5.10 Å². The molecule has 3 rings (SSSR count). The molecule has 0 saturated heterocycles. The summed E-state index contributed by atoms with van der Waals surface area (Å²) in [6.07, 6.45) is 0. The molecule has 0 bridgehead atoms. The van der Waals surface area contributed by atoms with E-state index >= 15 is 0 Å². The number of aryl methyl sites for hydroxylation is 1. The van der Waals surface area contributed by atoms with Gasteiger partial charge in [0, 0.05) is 10.9 Å². The van der Waals surface area contributed by atoms with Gasteiger partial charge in [-0.05, 0) is 19.1 Å². The summed E-state index contributed by atoms with van der Waals surface area (Å²) in [6.45, 7) is 2.14. The summed E-state index contributed by atoms with van der Waals surface area (Å²) in [5.41, 5.74) is 2.37. The summed E-state index contributed by atoms with van der Waals surface area (Å²) in [5, 5.41) is 11.1. The first kappa shape index (κ1) is 18.9. The fraction of sp³-hybridized carbons (Fsp3) is 0.125. The van der Waals surface area contributed by atoms with Crippen LogP contribution in [0.3, 0.4) is 0 Å². The van der Waals surface area contributed by atoms with E-state index in [-0.39, 0.29) is 22.1 Å². The number of rotatable bonds is 5. The molecule has 0 radical (unpaired) electrons. The van der Waals surface area contributed by atoms with Crippen molar-refractivity contribution in [2.24, 2.45) is 0 Å². The number of aromatic nitrogens is 3. The van der Waals surface area contributed by atoms with E-state index in [0.717, 1.165) is 10.6 Å². The molecule has 2 aromatic heterocycles. The fourth-order valence-electron chi connectivity index (χ4n) is 2.13. The maximum Gasteiger partial charge on any atom is 0.269 e. The summed E-state index contributed by atoms with van der Waals surface area (Å²) in [6, 6.07) is 2.70. The van der Waals surface area contributed by atoms with Crippen molar-refractivity contribution in [2.45, 2.75) is 13.5 Å². The van der Waals surface area contributed by atoms with Gasteiger partial charge in [0.1, 0.15) is 5.69 Å². The Bertz CT molecular complexity index is 1020. The Morgan fingerprint density at radius 2 is 1.96 bits per heavy atom. The third-order valence-electron chi connectivity index (χ3n) is 3.57. The van der Waals surface area contributed by atoms with Gasteiger partial charge in [-0.1, -0.05) is 11.6 Å². The summed E-state index contributed by atoms with van der Waals surface area (Å²) in [5.74, 6) is -3.56. The van der Waals surface area contributed by atoms with Gasteiger partial charge < -0.3 is 10.6 Å². The van der Waals surface area contributed by atoms with Crippen LogP contribution in [-0.4, -0.2) is 27.0 Å². The SMILES string of the molecule is Cc1ncsc1CNC(=O)c1cc(NC(=O)c2cc(F)c(F)cc2Cl)n[nH]1. The normalized spacial score (nSPS) is 10.7. The molecule has 0 aliphatic carbocycles. The maximum atomic E-state index is 13.3. The molecular formula is C16H12ClF2N5O2S. The van der Waals surface area contributed by atoms with Crippen LogP contribution in [0, 0.1) is 18.6 Å². The highest BCUT2D eigenvalue weighted by Gasteiger charge is 2.17. The van der Waals surface area contributed by atoms with Crippen LogP contribution < -0.4 is 10.6 Å². The Labute approximate surface area is 160 Å². The van der Waals surface area contributed by atoms with Crippen LogP contribution in [0.2, 0.25) is 5.02 Å². The minimum atomic E-state index is -1.20. The molecule has 11 heteroatoms. The average molecular weight is 412 g/mol. The second-order valence-electron chi connectivity index (χ2n) is 5.41. The van der Waals surface area contributed by atoms with Crippen molar-refractivity contribution in [2.75, 3.05) is 5.32 Å². The first-order chi connectivity index (χ1) is 12.8. The van der Waals surface area contributed by atoms with Crippen LogP contribution in [0.1, 0.15) is 31.4 Å². The maximum absolute atomic E-state index is 13.3. The monoisotopic (exact) mass is 411 g/mol. The molecule has 2 heterocycles.